The molecule has 0 unspecified atom stereocenters. The quantitative estimate of drug-likeness (QED) is 0.463. The van der Waals surface area contributed by atoms with Crippen LogP contribution in [0.15, 0.2) is 47.6 Å². The molecular formula is C17H15Cl2N5O2S. The molecule has 0 atom stereocenters. The van der Waals surface area contributed by atoms with Gasteiger partial charge in [-0.2, -0.15) is 0 Å². The average Bonchev–Trinajstić information content (AvgIpc) is 3.03. The maximum Gasteiger partial charge on any atom is 0.234 e. The van der Waals surface area contributed by atoms with Crippen LogP contribution in [-0.4, -0.2) is 33.6 Å². The molecule has 10 heteroatoms. The van der Waals surface area contributed by atoms with Gasteiger partial charge in [-0.1, -0.05) is 47.1 Å². The van der Waals surface area contributed by atoms with Crippen LogP contribution in [0.4, 0.5) is 5.69 Å². The van der Waals surface area contributed by atoms with Crippen LogP contribution in [0.25, 0.3) is 11.4 Å². The zero-order chi connectivity index (χ0) is 19.4. The number of amides is 1. The number of carbonyl (C=O) groups excluding carboxylic acids is 1. The highest BCUT2D eigenvalue weighted by molar-refractivity contribution is 7.99. The van der Waals surface area contributed by atoms with Crippen molar-refractivity contribution in [3.63, 3.8) is 0 Å². The SMILES string of the molecule is COc1cccc(-c2nnc(SCC(=O)Nc3cc(Cl)ccc3Cl)n2N)c1. The molecule has 1 amide bonds. The van der Waals surface area contributed by atoms with E-state index in [0.717, 1.165) is 17.3 Å². The third kappa shape index (κ3) is 4.65. The molecule has 3 rings (SSSR count). The van der Waals surface area contributed by atoms with Crippen molar-refractivity contribution in [2.24, 2.45) is 0 Å². The number of nitrogens with two attached hydrogens (primary N) is 1. The molecule has 0 aliphatic rings. The maximum atomic E-state index is 12.2. The smallest absolute Gasteiger partial charge is 0.234 e. The van der Waals surface area contributed by atoms with Crippen molar-refractivity contribution >= 4 is 46.6 Å². The Balaban J connectivity index is 1.67. The zero-order valence-corrected chi connectivity index (χ0v) is 16.5. The fraction of sp³-hybridized carbons (Fsp3) is 0.118. The molecule has 0 aliphatic carbocycles. The highest BCUT2D eigenvalue weighted by atomic mass is 35.5. The molecule has 0 aliphatic heterocycles. The average molecular weight is 424 g/mol. The standard InChI is InChI=1S/C17H15Cl2N5O2S/c1-26-12-4-2-3-10(7-12)16-22-23-17(24(16)20)27-9-15(25)21-14-8-11(18)5-6-13(14)19/h2-8H,9,20H2,1H3,(H,21,25). The fourth-order valence-corrected chi connectivity index (χ4v) is 3.24. The topological polar surface area (TPSA) is 95.1 Å². The van der Waals surface area contributed by atoms with Crippen molar-refractivity contribution < 1.29 is 9.53 Å². The molecule has 7 nitrogen and oxygen atoms in total. The monoisotopic (exact) mass is 423 g/mol. The van der Waals surface area contributed by atoms with E-state index in [4.69, 9.17) is 33.8 Å². The predicted octanol–water partition coefficient (Wildman–Crippen LogP) is 3.71. The van der Waals surface area contributed by atoms with Gasteiger partial charge in [0.15, 0.2) is 5.82 Å². The van der Waals surface area contributed by atoms with Crippen LogP contribution >= 0.6 is 35.0 Å². The second-order valence-corrected chi connectivity index (χ2v) is 7.16. The van der Waals surface area contributed by atoms with Gasteiger partial charge in [0.05, 0.1) is 23.6 Å². The number of ether oxygens (including phenoxy) is 1. The number of rotatable bonds is 6. The van der Waals surface area contributed by atoms with Crippen LogP contribution in [0.3, 0.4) is 0 Å². The lowest BCUT2D eigenvalue weighted by molar-refractivity contribution is -0.113. The Morgan fingerprint density at radius 3 is 2.85 bits per heavy atom. The number of anilines is 1. The molecular weight excluding hydrogens is 409 g/mol. The molecule has 0 radical (unpaired) electrons. The lowest BCUT2D eigenvalue weighted by atomic mass is 10.2. The molecule has 3 aromatic rings. The van der Waals surface area contributed by atoms with Crippen molar-refractivity contribution in [3.05, 3.63) is 52.5 Å². The van der Waals surface area contributed by atoms with Gasteiger partial charge in [0.1, 0.15) is 5.75 Å². The van der Waals surface area contributed by atoms with Gasteiger partial charge in [0.25, 0.3) is 0 Å². The molecule has 0 saturated carbocycles. The first-order chi connectivity index (χ1) is 13.0. The largest absolute Gasteiger partial charge is 0.497 e. The second kappa shape index (κ2) is 8.51. The van der Waals surface area contributed by atoms with E-state index in [1.54, 1.807) is 31.4 Å². The van der Waals surface area contributed by atoms with Gasteiger partial charge in [0, 0.05) is 10.6 Å². The van der Waals surface area contributed by atoms with Gasteiger partial charge in [-0.15, -0.1) is 10.2 Å². The van der Waals surface area contributed by atoms with Crippen LogP contribution in [0.5, 0.6) is 5.75 Å². The van der Waals surface area contributed by atoms with Gasteiger partial charge in [-0.3, -0.25) is 4.79 Å². The first-order valence-electron chi connectivity index (χ1n) is 7.70. The summed E-state index contributed by atoms with van der Waals surface area (Å²) in [7, 11) is 1.58. The minimum absolute atomic E-state index is 0.0796. The highest BCUT2D eigenvalue weighted by Gasteiger charge is 2.15. The van der Waals surface area contributed by atoms with E-state index < -0.39 is 0 Å². The third-order valence-corrected chi connectivity index (χ3v) is 5.04. The Hall–Kier alpha value is -2.42. The number of thioether (sulfide) groups is 1. The third-order valence-electron chi connectivity index (χ3n) is 3.53. The van der Waals surface area contributed by atoms with E-state index in [0.29, 0.717) is 32.5 Å². The number of hydrogen-bond acceptors (Lipinski definition) is 6. The van der Waals surface area contributed by atoms with Gasteiger partial charge >= 0.3 is 0 Å². The number of benzene rings is 2. The number of carbonyl (C=O) groups is 1. The molecule has 1 aromatic heterocycles. The van der Waals surface area contributed by atoms with Gasteiger partial charge in [-0.25, -0.2) is 4.68 Å². The first-order valence-corrected chi connectivity index (χ1v) is 9.44. The Morgan fingerprint density at radius 1 is 1.26 bits per heavy atom. The van der Waals surface area contributed by atoms with Crippen molar-refractivity contribution in [2.45, 2.75) is 5.16 Å². The number of methoxy groups -OCH3 is 1. The number of aromatic nitrogens is 3. The Labute approximate surface area is 169 Å². The molecule has 0 bridgehead atoms. The summed E-state index contributed by atoms with van der Waals surface area (Å²) in [4.78, 5) is 12.2. The van der Waals surface area contributed by atoms with Crippen LogP contribution in [0.2, 0.25) is 10.0 Å². The van der Waals surface area contributed by atoms with Gasteiger partial charge < -0.3 is 15.9 Å². The van der Waals surface area contributed by atoms with Crippen molar-refractivity contribution in [1.29, 1.82) is 0 Å². The second-order valence-electron chi connectivity index (χ2n) is 5.37. The normalized spacial score (nSPS) is 10.6. The van der Waals surface area contributed by atoms with Crippen LogP contribution < -0.4 is 15.9 Å². The summed E-state index contributed by atoms with van der Waals surface area (Å²) < 4.78 is 6.53. The number of nitrogens with one attached hydrogen (secondary N) is 1. The summed E-state index contributed by atoms with van der Waals surface area (Å²) in [6, 6.07) is 12.1. The predicted molar refractivity (Wildman–Crippen MR) is 108 cm³/mol. The van der Waals surface area contributed by atoms with Crippen LogP contribution in [0.1, 0.15) is 0 Å². The molecule has 2 aromatic carbocycles. The van der Waals surface area contributed by atoms with E-state index in [1.165, 1.54) is 4.68 Å². The first kappa shape index (κ1) is 19.3. The summed E-state index contributed by atoms with van der Waals surface area (Å²) in [6.07, 6.45) is 0. The molecule has 140 valence electrons. The fourth-order valence-electron chi connectivity index (χ4n) is 2.24. The number of nitrogen functional groups attached to an aromatic ring is 1. The van der Waals surface area contributed by atoms with E-state index in [-0.39, 0.29) is 11.7 Å². The summed E-state index contributed by atoms with van der Waals surface area (Å²) in [5.74, 6) is 7.03. The summed E-state index contributed by atoms with van der Waals surface area (Å²) in [6.45, 7) is 0. The molecule has 0 saturated heterocycles. The lowest BCUT2D eigenvalue weighted by Gasteiger charge is -2.08. The maximum absolute atomic E-state index is 12.2. The van der Waals surface area contributed by atoms with Gasteiger partial charge in [0.2, 0.25) is 11.1 Å². The molecule has 3 N–H and O–H groups in total. The Morgan fingerprint density at radius 2 is 2.07 bits per heavy atom. The Kier molecular flexibility index (Phi) is 6.10. The summed E-state index contributed by atoms with van der Waals surface area (Å²) in [5, 5.41) is 12.1. The number of nitrogens with zero attached hydrogens (tertiary/aromatic N) is 3. The van der Waals surface area contributed by atoms with E-state index in [1.807, 2.05) is 18.2 Å². The molecule has 0 spiro atoms. The van der Waals surface area contributed by atoms with Crippen molar-refractivity contribution in [3.8, 4) is 17.1 Å². The van der Waals surface area contributed by atoms with Crippen molar-refractivity contribution in [2.75, 3.05) is 24.0 Å². The van der Waals surface area contributed by atoms with Gasteiger partial charge in [-0.05, 0) is 30.3 Å². The number of halogens is 2. The summed E-state index contributed by atoms with van der Waals surface area (Å²) in [5.41, 5.74) is 1.20. The van der Waals surface area contributed by atoms with Crippen LogP contribution in [0, 0.1) is 0 Å². The minimum atomic E-state index is -0.268. The molecule has 1 heterocycles. The lowest BCUT2D eigenvalue weighted by Crippen LogP contribution is -2.16. The Bertz CT molecular complexity index is 980. The number of hydrogen-bond donors (Lipinski definition) is 2. The van der Waals surface area contributed by atoms with Crippen LogP contribution in [-0.2, 0) is 4.79 Å². The highest BCUT2D eigenvalue weighted by Crippen LogP contribution is 2.27. The molecule has 27 heavy (non-hydrogen) atoms. The van der Waals surface area contributed by atoms with E-state index in [2.05, 4.69) is 15.5 Å². The van der Waals surface area contributed by atoms with E-state index in [9.17, 15) is 4.79 Å². The zero-order valence-electron chi connectivity index (χ0n) is 14.1. The minimum Gasteiger partial charge on any atom is -0.497 e. The molecule has 0 fully saturated rings. The van der Waals surface area contributed by atoms with Crippen molar-refractivity contribution in [1.82, 2.24) is 14.9 Å². The van der Waals surface area contributed by atoms with E-state index >= 15 is 0 Å². The summed E-state index contributed by atoms with van der Waals surface area (Å²) >= 11 is 13.1.